The third-order valence-corrected chi connectivity index (χ3v) is 5.07. The number of aromatic nitrogens is 3. The SMILES string of the molecule is Cc1noc(C)c1-c1cc(CC2CCCN(C(=O)CCN)CC2)ncn1. The van der Waals surface area contributed by atoms with E-state index in [4.69, 9.17) is 10.3 Å². The molecule has 1 amide bonds. The predicted molar refractivity (Wildman–Crippen MR) is 98.3 cm³/mol. The quantitative estimate of drug-likeness (QED) is 0.881. The van der Waals surface area contributed by atoms with Crippen LogP contribution in [-0.4, -0.2) is 45.6 Å². The van der Waals surface area contributed by atoms with Crippen molar-refractivity contribution in [2.24, 2.45) is 11.7 Å². The number of amides is 1. The lowest BCUT2D eigenvalue weighted by Crippen LogP contribution is -2.33. The minimum absolute atomic E-state index is 0.177. The highest BCUT2D eigenvalue weighted by molar-refractivity contribution is 5.76. The number of aryl methyl sites for hydroxylation is 2. The minimum atomic E-state index is 0.177. The average Bonchev–Trinajstić information content (AvgIpc) is 2.82. The van der Waals surface area contributed by atoms with E-state index in [9.17, 15) is 4.79 Å². The molecule has 1 saturated heterocycles. The molecule has 1 fully saturated rings. The van der Waals surface area contributed by atoms with E-state index < -0.39 is 0 Å². The highest BCUT2D eigenvalue weighted by Crippen LogP contribution is 2.27. The Hall–Kier alpha value is -2.28. The summed E-state index contributed by atoms with van der Waals surface area (Å²) >= 11 is 0. The first-order valence-corrected chi connectivity index (χ1v) is 9.30. The molecule has 1 aliphatic rings. The van der Waals surface area contributed by atoms with Crippen molar-refractivity contribution in [3.63, 3.8) is 0 Å². The van der Waals surface area contributed by atoms with Crippen molar-refractivity contribution >= 4 is 5.91 Å². The Labute approximate surface area is 154 Å². The molecule has 7 heteroatoms. The lowest BCUT2D eigenvalue weighted by Gasteiger charge is -2.20. The number of carbonyl (C=O) groups excluding carboxylic acids is 1. The molecule has 26 heavy (non-hydrogen) atoms. The maximum Gasteiger partial charge on any atom is 0.223 e. The normalized spacial score (nSPS) is 18.0. The highest BCUT2D eigenvalue weighted by Gasteiger charge is 2.21. The first kappa shape index (κ1) is 18.5. The topological polar surface area (TPSA) is 98.1 Å². The highest BCUT2D eigenvalue weighted by atomic mass is 16.5. The molecule has 0 bridgehead atoms. The van der Waals surface area contributed by atoms with E-state index in [0.717, 1.165) is 67.2 Å². The molecule has 1 aliphatic heterocycles. The van der Waals surface area contributed by atoms with Crippen LogP contribution in [0.5, 0.6) is 0 Å². The Morgan fingerprint density at radius 1 is 1.31 bits per heavy atom. The van der Waals surface area contributed by atoms with Crippen LogP contribution in [0.3, 0.4) is 0 Å². The standard InChI is InChI=1S/C19H27N5O2/c1-13-19(14(2)26-23-13)17-11-16(21-12-22-17)10-15-4-3-8-24(9-6-15)18(25)5-7-20/h11-12,15H,3-10,20H2,1-2H3. The summed E-state index contributed by atoms with van der Waals surface area (Å²) in [6.45, 7) is 5.89. The van der Waals surface area contributed by atoms with Crippen LogP contribution in [0.2, 0.25) is 0 Å². The summed E-state index contributed by atoms with van der Waals surface area (Å²) in [5.41, 5.74) is 9.19. The third-order valence-electron chi connectivity index (χ3n) is 5.07. The van der Waals surface area contributed by atoms with Gasteiger partial charge in [-0.25, -0.2) is 9.97 Å². The van der Waals surface area contributed by atoms with E-state index in [0.29, 0.717) is 18.9 Å². The molecule has 0 saturated carbocycles. The lowest BCUT2D eigenvalue weighted by atomic mass is 9.94. The molecule has 3 rings (SSSR count). The Morgan fingerprint density at radius 2 is 2.15 bits per heavy atom. The first-order chi connectivity index (χ1) is 12.6. The number of nitrogens with two attached hydrogens (primary N) is 1. The smallest absolute Gasteiger partial charge is 0.223 e. The molecule has 2 aromatic heterocycles. The van der Waals surface area contributed by atoms with Gasteiger partial charge >= 0.3 is 0 Å². The molecule has 0 aliphatic carbocycles. The molecule has 0 radical (unpaired) electrons. The Kier molecular flexibility index (Phi) is 5.98. The van der Waals surface area contributed by atoms with Gasteiger partial charge in [0.05, 0.1) is 17.0 Å². The fourth-order valence-electron chi connectivity index (χ4n) is 3.69. The molecule has 2 aromatic rings. The van der Waals surface area contributed by atoms with Crippen LogP contribution in [0.1, 0.15) is 42.8 Å². The monoisotopic (exact) mass is 357 g/mol. The summed E-state index contributed by atoms with van der Waals surface area (Å²) in [6, 6.07) is 2.04. The van der Waals surface area contributed by atoms with E-state index in [1.54, 1.807) is 6.33 Å². The number of nitrogens with zero attached hydrogens (tertiary/aromatic N) is 4. The van der Waals surface area contributed by atoms with E-state index in [2.05, 4.69) is 15.1 Å². The number of hydrogen-bond donors (Lipinski definition) is 1. The van der Waals surface area contributed by atoms with Gasteiger partial charge in [0.1, 0.15) is 12.1 Å². The van der Waals surface area contributed by atoms with Crippen molar-refractivity contribution in [2.45, 2.75) is 46.0 Å². The first-order valence-electron chi connectivity index (χ1n) is 9.30. The van der Waals surface area contributed by atoms with Crippen LogP contribution >= 0.6 is 0 Å². The fraction of sp³-hybridized carbons (Fsp3) is 0.579. The van der Waals surface area contributed by atoms with Gasteiger partial charge < -0.3 is 15.2 Å². The zero-order valence-electron chi connectivity index (χ0n) is 15.6. The van der Waals surface area contributed by atoms with Gasteiger partial charge in [0.15, 0.2) is 0 Å². The molecule has 0 aromatic carbocycles. The van der Waals surface area contributed by atoms with Crippen molar-refractivity contribution in [3.05, 3.63) is 29.5 Å². The fourth-order valence-corrected chi connectivity index (χ4v) is 3.69. The van der Waals surface area contributed by atoms with Crippen LogP contribution in [0.15, 0.2) is 16.9 Å². The van der Waals surface area contributed by atoms with Gasteiger partial charge in [-0.1, -0.05) is 5.16 Å². The minimum Gasteiger partial charge on any atom is -0.361 e. The zero-order chi connectivity index (χ0) is 18.5. The van der Waals surface area contributed by atoms with E-state index >= 15 is 0 Å². The predicted octanol–water partition coefficient (Wildman–Crippen LogP) is 2.27. The van der Waals surface area contributed by atoms with Crippen molar-refractivity contribution < 1.29 is 9.32 Å². The molecular weight excluding hydrogens is 330 g/mol. The van der Waals surface area contributed by atoms with Gasteiger partial charge in [-0.05, 0) is 51.5 Å². The number of rotatable bonds is 5. The van der Waals surface area contributed by atoms with Gasteiger partial charge in [0.25, 0.3) is 0 Å². The number of likely N-dealkylation sites (tertiary alicyclic amines) is 1. The maximum absolute atomic E-state index is 12.1. The van der Waals surface area contributed by atoms with Crippen LogP contribution in [-0.2, 0) is 11.2 Å². The molecule has 0 spiro atoms. The van der Waals surface area contributed by atoms with E-state index in [1.807, 2.05) is 24.8 Å². The molecule has 1 unspecified atom stereocenters. The molecule has 140 valence electrons. The van der Waals surface area contributed by atoms with Gasteiger partial charge in [-0.15, -0.1) is 0 Å². The van der Waals surface area contributed by atoms with Gasteiger partial charge in [-0.2, -0.15) is 0 Å². The van der Waals surface area contributed by atoms with Crippen molar-refractivity contribution in [1.29, 1.82) is 0 Å². The molecule has 7 nitrogen and oxygen atoms in total. The largest absolute Gasteiger partial charge is 0.361 e. The summed E-state index contributed by atoms with van der Waals surface area (Å²) in [5.74, 6) is 1.48. The Balaban J connectivity index is 1.66. The van der Waals surface area contributed by atoms with Crippen molar-refractivity contribution in [2.75, 3.05) is 19.6 Å². The van der Waals surface area contributed by atoms with Crippen LogP contribution in [0.4, 0.5) is 0 Å². The van der Waals surface area contributed by atoms with E-state index in [-0.39, 0.29) is 5.91 Å². The van der Waals surface area contributed by atoms with Crippen LogP contribution in [0, 0.1) is 19.8 Å². The van der Waals surface area contributed by atoms with Crippen molar-refractivity contribution in [1.82, 2.24) is 20.0 Å². The maximum atomic E-state index is 12.1. The molecule has 3 heterocycles. The molecular formula is C19H27N5O2. The molecule has 2 N–H and O–H groups in total. The number of hydrogen-bond acceptors (Lipinski definition) is 6. The number of carbonyl (C=O) groups is 1. The Morgan fingerprint density at radius 3 is 2.88 bits per heavy atom. The summed E-state index contributed by atoms with van der Waals surface area (Å²) < 4.78 is 5.25. The van der Waals surface area contributed by atoms with Crippen LogP contribution < -0.4 is 5.73 Å². The van der Waals surface area contributed by atoms with Crippen LogP contribution in [0.25, 0.3) is 11.3 Å². The summed E-state index contributed by atoms with van der Waals surface area (Å²) in [7, 11) is 0. The van der Waals surface area contributed by atoms with E-state index in [1.165, 1.54) is 0 Å². The van der Waals surface area contributed by atoms with Gasteiger partial charge in [0, 0.05) is 31.7 Å². The Bertz CT molecular complexity index is 739. The average molecular weight is 357 g/mol. The summed E-state index contributed by atoms with van der Waals surface area (Å²) in [6.07, 6.45) is 6.10. The summed E-state index contributed by atoms with van der Waals surface area (Å²) in [4.78, 5) is 22.9. The third kappa shape index (κ3) is 4.27. The summed E-state index contributed by atoms with van der Waals surface area (Å²) in [5, 5.41) is 4.01. The van der Waals surface area contributed by atoms with Gasteiger partial charge in [-0.3, -0.25) is 4.79 Å². The second-order valence-corrected chi connectivity index (χ2v) is 7.01. The van der Waals surface area contributed by atoms with Gasteiger partial charge in [0.2, 0.25) is 5.91 Å². The molecule has 1 atom stereocenters. The second kappa shape index (κ2) is 8.40. The van der Waals surface area contributed by atoms with Crippen molar-refractivity contribution in [3.8, 4) is 11.3 Å². The second-order valence-electron chi connectivity index (χ2n) is 7.01. The lowest BCUT2D eigenvalue weighted by molar-refractivity contribution is -0.130. The zero-order valence-corrected chi connectivity index (χ0v) is 15.6.